The number of methoxy groups -OCH3 is 1. The second kappa shape index (κ2) is 6.81. The number of rotatable bonds is 4. The molecule has 0 spiro atoms. The standard InChI is InChI=1S/C15H13BrCl2O2/c1-20-15-5-3-10(17)6-9(15)7-14(19)12-8-11(18)2-4-13(12)16/h2-6,8,14,19H,7H2,1H3. The van der Waals surface area contributed by atoms with Gasteiger partial charge in [-0.3, -0.25) is 0 Å². The summed E-state index contributed by atoms with van der Waals surface area (Å²) >= 11 is 15.4. The SMILES string of the molecule is COc1ccc(Cl)cc1CC(O)c1cc(Cl)ccc1Br. The molecular weight excluding hydrogens is 363 g/mol. The fourth-order valence-corrected chi connectivity index (χ4v) is 2.88. The zero-order valence-electron chi connectivity index (χ0n) is 10.7. The Hall–Kier alpha value is -0.740. The third kappa shape index (κ3) is 3.67. The first-order valence-corrected chi connectivity index (χ1v) is 7.51. The summed E-state index contributed by atoms with van der Waals surface area (Å²) in [6.07, 6.45) is -0.307. The van der Waals surface area contributed by atoms with Crippen molar-refractivity contribution in [1.82, 2.24) is 0 Å². The lowest BCUT2D eigenvalue weighted by Gasteiger charge is -2.15. The van der Waals surface area contributed by atoms with E-state index < -0.39 is 6.10 Å². The van der Waals surface area contributed by atoms with Crippen LogP contribution in [0.4, 0.5) is 0 Å². The Balaban J connectivity index is 2.29. The number of aliphatic hydroxyl groups is 1. The molecule has 1 atom stereocenters. The Bertz CT molecular complexity index is 617. The van der Waals surface area contributed by atoms with Crippen molar-refractivity contribution in [2.45, 2.75) is 12.5 Å². The molecule has 0 amide bonds. The highest BCUT2D eigenvalue weighted by atomic mass is 79.9. The van der Waals surface area contributed by atoms with Gasteiger partial charge in [-0.05, 0) is 47.5 Å². The maximum absolute atomic E-state index is 10.4. The largest absolute Gasteiger partial charge is 0.496 e. The summed E-state index contributed by atoms with van der Waals surface area (Å²) in [5, 5.41) is 11.6. The predicted molar refractivity (Wildman–Crippen MR) is 85.8 cm³/mol. The minimum Gasteiger partial charge on any atom is -0.496 e. The van der Waals surface area contributed by atoms with Gasteiger partial charge in [-0.1, -0.05) is 39.1 Å². The van der Waals surface area contributed by atoms with E-state index in [1.807, 2.05) is 6.07 Å². The van der Waals surface area contributed by atoms with Crippen LogP contribution in [0, 0.1) is 0 Å². The van der Waals surface area contributed by atoms with E-state index in [1.165, 1.54) is 0 Å². The minimum absolute atomic E-state index is 0.392. The van der Waals surface area contributed by atoms with Gasteiger partial charge >= 0.3 is 0 Å². The number of halogens is 3. The molecule has 0 aliphatic heterocycles. The van der Waals surface area contributed by atoms with Crippen LogP contribution < -0.4 is 4.74 Å². The Morgan fingerprint density at radius 2 is 1.80 bits per heavy atom. The topological polar surface area (TPSA) is 29.5 Å². The third-order valence-corrected chi connectivity index (χ3v) is 4.17. The summed E-state index contributed by atoms with van der Waals surface area (Å²) in [6, 6.07) is 10.7. The third-order valence-electron chi connectivity index (χ3n) is 2.97. The second-order valence-corrected chi connectivity index (χ2v) is 6.07. The smallest absolute Gasteiger partial charge is 0.122 e. The molecule has 0 fully saturated rings. The van der Waals surface area contributed by atoms with Crippen LogP contribution in [-0.2, 0) is 6.42 Å². The molecule has 20 heavy (non-hydrogen) atoms. The first kappa shape index (κ1) is 15.6. The predicted octanol–water partition coefficient (Wildman–Crippen LogP) is 5.04. The van der Waals surface area contributed by atoms with E-state index in [0.717, 1.165) is 15.6 Å². The van der Waals surface area contributed by atoms with Crippen molar-refractivity contribution < 1.29 is 9.84 Å². The van der Waals surface area contributed by atoms with Gasteiger partial charge in [0.05, 0.1) is 13.2 Å². The summed E-state index contributed by atoms with van der Waals surface area (Å²) in [7, 11) is 1.59. The molecule has 2 aromatic carbocycles. The van der Waals surface area contributed by atoms with Crippen molar-refractivity contribution in [3.8, 4) is 5.75 Å². The summed E-state index contributed by atoms with van der Waals surface area (Å²) in [5.74, 6) is 0.701. The Kier molecular flexibility index (Phi) is 5.33. The average Bonchev–Trinajstić information content (AvgIpc) is 2.41. The van der Waals surface area contributed by atoms with Crippen molar-refractivity contribution in [2.24, 2.45) is 0 Å². The van der Waals surface area contributed by atoms with Crippen LogP contribution in [-0.4, -0.2) is 12.2 Å². The molecule has 5 heteroatoms. The van der Waals surface area contributed by atoms with Gasteiger partial charge in [0.1, 0.15) is 5.75 Å². The van der Waals surface area contributed by atoms with Crippen molar-refractivity contribution in [1.29, 1.82) is 0 Å². The van der Waals surface area contributed by atoms with Crippen LogP contribution in [0.5, 0.6) is 5.75 Å². The van der Waals surface area contributed by atoms with Crippen LogP contribution in [0.25, 0.3) is 0 Å². The molecule has 0 aliphatic rings. The normalized spacial score (nSPS) is 12.2. The molecule has 1 N–H and O–H groups in total. The van der Waals surface area contributed by atoms with Crippen molar-refractivity contribution in [2.75, 3.05) is 7.11 Å². The van der Waals surface area contributed by atoms with Crippen molar-refractivity contribution in [3.05, 3.63) is 62.0 Å². The highest BCUT2D eigenvalue weighted by Crippen LogP contribution is 2.32. The molecule has 0 saturated heterocycles. The van der Waals surface area contributed by atoms with Crippen LogP contribution in [0.15, 0.2) is 40.9 Å². The maximum Gasteiger partial charge on any atom is 0.122 e. The van der Waals surface area contributed by atoms with E-state index in [1.54, 1.807) is 37.4 Å². The molecule has 106 valence electrons. The fraction of sp³-hybridized carbons (Fsp3) is 0.200. The lowest BCUT2D eigenvalue weighted by molar-refractivity contribution is 0.176. The number of ether oxygens (including phenoxy) is 1. The van der Waals surface area contributed by atoms with Crippen LogP contribution in [0.1, 0.15) is 17.2 Å². The zero-order chi connectivity index (χ0) is 14.7. The lowest BCUT2D eigenvalue weighted by atomic mass is 10.0. The van der Waals surface area contributed by atoms with E-state index in [-0.39, 0.29) is 0 Å². The van der Waals surface area contributed by atoms with Gasteiger partial charge in [-0.15, -0.1) is 0 Å². The molecular formula is C15H13BrCl2O2. The summed E-state index contributed by atoms with van der Waals surface area (Å²) in [5.41, 5.74) is 1.58. The summed E-state index contributed by atoms with van der Waals surface area (Å²) in [4.78, 5) is 0. The Morgan fingerprint density at radius 1 is 1.15 bits per heavy atom. The molecule has 2 nitrogen and oxygen atoms in total. The summed E-state index contributed by atoms with van der Waals surface area (Å²) in [6.45, 7) is 0. The van der Waals surface area contributed by atoms with E-state index >= 15 is 0 Å². The van der Waals surface area contributed by atoms with Gasteiger partial charge in [0, 0.05) is 20.9 Å². The van der Waals surface area contributed by atoms with Gasteiger partial charge < -0.3 is 9.84 Å². The highest BCUT2D eigenvalue weighted by Gasteiger charge is 2.15. The first-order chi connectivity index (χ1) is 9.51. The fourth-order valence-electron chi connectivity index (χ4n) is 1.99. The molecule has 0 aliphatic carbocycles. The molecule has 1 unspecified atom stereocenters. The van der Waals surface area contributed by atoms with Crippen molar-refractivity contribution >= 4 is 39.1 Å². The zero-order valence-corrected chi connectivity index (χ0v) is 13.8. The number of benzene rings is 2. The molecule has 2 rings (SSSR count). The van der Waals surface area contributed by atoms with Crippen molar-refractivity contribution in [3.63, 3.8) is 0 Å². The van der Waals surface area contributed by atoms with Crippen LogP contribution >= 0.6 is 39.1 Å². The van der Waals surface area contributed by atoms with Gasteiger partial charge in [0.15, 0.2) is 0 Å². The second-order valence-electron chi connectivity index (χ2n) is 4.34. The van der Waals surface area contributed by atoms with Gasteiger partial charge in [0.25, 0.3) is 0 Å². The van der Waals surface area contributed by atoms with E-state index in [0.29, 0.717) is 22.2 Å². The lowest BCUT2D eigenvalue weighted by Crippen LogP contribution is -2.04. The van der Waals surface area contributed by atoms with Gasteiger partial charge in [0.2, 0.25) is 0 Å². The average molecular weight is 376 g/mol. The van der Waals surface area contributed by atoms with E-state index in [2.05, 4.69) is 15.9 Å². The monoisotopic (exact) mass is 374 g/mol. The quantitative estimate of drug-likeness (QED) is 0.810. The van der Waals surface area contributed by atoms with Gasteiger partial charge in [-0.25, -0.2) is 0 Å². The van der Waals surface area contributed by atoms with Crippen LogP contribution in [0.3, 0.4) is 0 Å². The maximum atomic E-state index is 10.4. The number of hydrogen-bond acceptors (Lipinski definition) is 2. The summed E-state index contributed by atoms with van der Waals surface area (Å²) < 4.78 is 6.10. The van der Waals surface area contributed by atoms with E-state index in [4.69, 9.17) is 27.9 Å². The Labute approximate surface area is 136 Å². The molecule has 0 radical (unpaired) electrons. The van der Waals surface area contributed by atoms with E-state index in [9.17, 15) is 5.11 Å². The minimum atomic E-state index is -0.699. The number of hydrogen-bond donors (Lipinski definition) is 1. The Morgan fingerprint density at radius 3 is 2.50 bits per heavy atom. The molecule has 0 heterocycles. The van der Waals surface area contributed by atoms with Gasteiger partial charge in [-0.2, -0.15) is 0 Å². The van der Waals surface area contributed by atoms with Crippen LogP contribution in [0.2, 0.25) is 10.0 Å². The molecule has 0 bridgehead atoms. The molecule has 0 saturated carbocycles. The first-order valence-electron chi connectivity index (χ1n) is 5.96. The molecule has 0 aromatic heterocycles. The highest BCUT2D eigenvalue weighted by molar-refractivity contribution is 9.10. The number of aliphatic hydroxyl groups excluding tert-OH is 1. The molecule has 2 aromatic rings.